The van der Waals surface area contributed by atoms with Crippen molar-refractivity contribution in [2.24, 2.45) is 0 Å². The topological polar surface area (TPSA) is 127 Å². The maximum Gasteiger partial charge on any atom is 0.282 e. The number of nitrogens with one attached hydrogen (secondary N) is 2. The van der Waals surface area contributed by atoms with E-state index in [1.54, 1.807) is 0 Å². The number of phenolic OH excluding ortho intramolecular Hbond substituents is 1. The van der Waals surface area contributed by atoms with Gasteiger partial charge in [0.05, 0.1) is 36.7 Å². The number of aromatic hydroxyl groups is 1. The molecule has 1 saturated heterocycles. The molecule has 194 valence electrons. The van der Waals surface area contributed by atoms with Gasteiger partial charge >= 0.3 is 0 Å². The number of aryl methyl sites for hydroxylation is 1. The summed E-state index contributed by atoms with van der Waals surface area (Å²) in [5.41, 5.74) is 5.35. The maximum atomic E-state index is 14.1. The summed E-state index contributed by atoms with van der Waals surface area (Å²) < 4.78 is 48.6. The Morgan fingerprint density at radius 1 is 1.14 bits per heavy atom. The number of phenols is 1. The van der Waals surface area contributed by atoms with Crippen LogP contribution in [-0.4, -0.2) is 75.1 Å². The Balaban J connectivity index is 1.29. The van der Waals surface area contributed by atoms with Crippen molar-refractivity contribution >= 4 is 21.1 Å². The van der Waals surface area contributed by atoms with Crippen LogP contribution in [0.2, 0.25) is 0 Å². The van der Waals surface area contributed by atoms with E-state index in [0.717, 1.165) is 33.4 Å². The van der Waals surface area contributed by atoms with E-state index in [2.05, 4.69) is 15.2 Å². The number of nitrogens with zero attached hydrogens (tertiary/aromatic N) is 4. The number of rotatable bonds is 5. The van der Waals surface area contributed by atoms with Crippen LogP contribution in [-0.2, 0) is 34.3 Å². The minimum atomic E-state index is -3.58. The SMILES string of the molecule is CCc1cc(O)c(F)cc1-c1ccc2c(-c3nc4c([nH]3)CN(S(=O)(=O)N3CCOCC3)CC4)n[nH]c2c1. The highest BCUT2D eigenvalue weighted by atomic mass is 32.2. The number of aromatic amines is 2. The maximum absolute atomic E-state index is 14.1. The van der Waals surface area contributed by atoms with Crippen molar-refractivity contribution in [2.75, 3.05) is 32.8 Å². The zero-order valence-electron chi connectivity index (χ0n) is 20.3. The van der Waals surface area contributed by atoms with Crippen molar-refractivity contribution in [1.82, 2.24) is 28.8 Å². The highest BCUT2D eigenvalue weighted by Crippen LogP contribution is 2.34. The molecule has 1 fully saturated rings. The van der Waals surface area contributed by atoms with Gasteiger partial charge in [-0.1, -0.05) is 13.0 Å². The number of H-pyrrole nitrogens is 2. The zero-order valence-corrected chi connectivity index (χ0v) is 21.1. The van der Waals surface area contributed by atoms with Crippen molar-refractivity contribution in [2.45, 2.75) is 26.3 Å². The summed E-state index contributed by atoms with van der Waals surface area (Å²) in [6, 6.07) is 8.51. The van der Waals surface area contributed by atoms with E-state index >= 15 is 0 Å². The lowest BCUT2D eigenvalue weighted by Gasteiger charge is -2.33. The molecule has 37 heavy (non-hydrogen) atoms. The molecule has 3 N–H and O–H groups in total. The van der Waals surface area contributed by atoms with Crippen molar-refractivity contribution in [3.63, 3.8) is 0 Å². The van der Waals surface area contributed by atoms with Crippen molar-refractivity contribution in [1.29, 1.82) is 0 Å². The number of halogens is 1. The first-order chi connectivity index (χ1) is 17.8. The number of fused-ring (bicyclic) bond motifs is 2. The average Bonchev–Trinajstić information content (AvgIpc) is 3.53. The third-order valence-electron chi connectivity index (χ3n) is 7.07. The standard InChI is InChI=1S/C25H27FN6O4S/c1-2-15-12-23(33)19(26)13-18(15)16-3-4-17-21(11-16)29-30-24(17)25-27-20-5-6-32(14-22(20)28-25)37(34,35)31-7-9-36-10-8-31/h3-4,11-13,33H,2,5-10,14H2,1H3,(H,27,28)(H,29,30). The number of benzene rings is 2. The lowest BCUT2D eigenvalue weighted by Crippen LogP contribution is -2.49. The van der Waals surface area contributed by atoms with Crippen LogP contribution in [0.15, 0.2) is 30.3 Å². The van der Waals surface area contributed by atoms with Gasteiger partial charge in [-0.3, -0.25) is 5.10 Å². The molecule has 0 radical (unpaired) electrons. The van der Waals surface area contributed by atoms with E-state index in [1.165, 1.54) is 20.7 Å². The molecule has 0 bridgehead atoms. The molecule has 0 amide bonds. The number of ether oxygens (including phenoxy) is 1. The van der Waals surface area contributed by atoms with E-state index in [4.69, 9.17) is 9.72 Å². The molecule has 0 atom stereocenters. The number of imidazole rings is 1. The van der Waals surface area contributed by atoms with E-state index in [-0.39, 0.29) is 12.3 Å². The van der Waals surface area contributed by atoms with Gasteiger partial charge < -0.3 is 14.8 Å². The van der Waals surface area contributed by atoms with Crippen molar-refractivity contribution in [3.8, 4) is 28.4 Å². The minimum Gasteiger partial charge on any atom is -0.505 e. The Bertz CT molecular complexity index is 1590. The van der Waals surface area contributed by atoms with Gasteiger partial charge in [0.15, 0.2) is 17.4 Å². The predicted octanol–water partition coefficient (Wildman–Crippen LogP) is 2.96. The van der Waals surface area contributed by atoms with Crippen LogP contribution < -0.4 is 0 Å². The second kappa shape index (κ2) is 9.21. The molecule has 2 aliphatic rings. The first-order valence-corrected chi connectivity index (χ1v) is 13.7. The van der Waals surface area contributed by atoms with Crippen LogP contribution in [0.25, 0.3) is 33.5 Å². The summed E-state index contributed by atoms with van der Waals surface area (Å²) in [7, 11) is -3.58. The third kappa shape index (κ3) is 4.19. The number of aromatic nitrogens is 4. The molecule has 0 saturated carbocycles. The molecule has 2 aliphatic heterocycles. The number of hydrogen-bond acceptors (Lipinski definition) is 6. The largest absolute Gasteiger partial charge is 0.505 e. The molecule has 12 heteroatoms. The van der Waals surface area contributed by atoms with Gasteiger partial charge in [-0.15, -0.1) is 0 Å². The molecule has 2 aromatic carbocycles. The van der Waals surface area contributed by atoms with Gasteiger partial charge in [-0.25, -0.2) is 9.37 Å². The van der Waals surface area contributed by atoms with Crippen molar-refractivity contribution < 1.29 is 22.7 Å². The smallest absolute Gasteiger partial charge is 0.282 e. The summed E-state index contributed by atoms with van der Waals surface area (Å²) in [5, 5.41) is 18.1. The van der Waals surface area contributed by atoms with Gasteiger partial charge in [0.1, 0.15) is 5.69 Å². The first kappa shape index (κ1) is 24.0. The fourth-order valence-corrected chi connectivity index (χ4v) is 6.60. The zero-order chi connectivity index (χ0) is 25.7. The second-order valence-electron chi connectivity index (χ2n) is 9.26. The molecule has 2 aromatic heterocycles. The highest BCUT2D eigenvalue weighted by Gasteiger charge is 2.34. The number of hydrogen-bond donors (Lipinski definition) is 3. The monoisotopic (exact) mass is 526 g/mol. The van der Waals surface area contributed by atoms with Gasteiger partial charge in [-0.2, -0.15) is 22.1 Å². The highest BCUT2D eigenvalue weighted by molar-refractivity contribution is 7.86. The Hall–Kier alpha value is -3.32. The fraction of sp³-hybridized carbons (Fsp3) is 0.360. The Morgan fingerprint density at radius 2 is 1.95 bits per heavy atom. The molecule has 4 heterocycles. The van der Waals surface area contributed by atoms with Crippen LogP contribution in [0.3, 0.4) is 0 Å². The Kier molecular flexibility index (Phi) is 5.98. The molecule has 10 nitrogen and oxygen atoms in total. The molecular formula is C25H27FN6O4S. The molecular weight excluding hydrogens is 499 g/mol. The van der Waals surface area contributed by atoms with Crippen LogP contribution in [0.5, 0.6) is 5.75 Å². The predicted molar refractivity (Wildman–Crippen MR) is 136 cm³/mol. The quantitative estimate of drug-likeness (QED) is 0.367. The van der Waals surface area contributed by atoms with Crippen LogP contribution >= 0.6 is 0 Å². The summed E-state index contributed by atoms with van der Waals surface area (Å²) in [6.45, 7) is 4.07. The Labute approximate surface area is 213 Å². The molecule has 0 aliphatic carbocycles. The lowest BCUT2D eigenvalue weighted by atomic mass is 9.96. The van der Waals surface area contributed by atoms with Gasteiger partial charge in [-0.05, 0) is 47.4 Å². The summed E-state index contributed by atoms with van der Waals surface area (Å²) >= 11 is 0. The first-order valence-electron chi connectivity index (χ1n) is 12.3. The molecule has 0 spiro atoms. The summed E-state index contributed by atoms with van der Waals surface area (Å²) in [6.07, 6.45) is 1.15. The van der Waals surface area contributed by atoms with E-state index < -0.39 is 16.0 Å². The van der Waals surface area contributed by atoms with E-state index in [9.17, 15) is 17.9 Å². The van der Waals surface area contributed by atoms with Gasteiger partial charge in [0, 0.05) is 31.4 Å². The third-order valence-corrected chi connectivity index (χ3v) is 9.05. The van der Waals surface area contributed by atoms with Crippen LogP contribution in [0, 0.1) is 5.82 Å². The molecule has 6 rings (SSSR count). The average molecular weight is 527 g/mol. The lowest BCUT2D eigenvalue weighted by molar-refractivity contribution is 0.0698. The van der Waals surface area contributed by atoms with Crippen LogP contribution in [0.1, 0.15) is 23.9 Å². The summed E-state index contributed by atoms with van der Waals surface area (Å²) in [5.74, 6) is -0.452. The minimum absolute atomic E-state index is 0.223. The normalized spacial score (nSPS) is 17.4. The molecule has 0 unspecified atom stereocenters. The van der Waals surface area contributed by atoms with Crippen molar-refractivity contribution in [3.05, 3.63) is 53.1 Å². The van der Waals surface area contributed by atoms with Gasteiger partial charge in [0.25, 0.3) is 10.2 Å². The van der Waals surface area contributed by atoms with E-state index in [1.807, 2.05) is 25.1 Å². The Morgan fingerprint density at radius 3 is 2.73 bits per heavy atom. The summed E-state index contributed by atoms with van der Waals surface area (Å²) in [4.78, 5) is 8.02. The second-order valence-corrected chi connectivity index (χ2v) is 11.2. The van der Waals surface area contributed by atoms with E-state index in [0.29, 0.717) is 62.8 Å². The number of morpholine rings is 1. The van der Waals surface area contributed by atoms with Crippen LogP contribution in [0.4, 0.5) is 4.39 Å². The fourth-order valence-electron chi connectivity index (χ4n) is 5.05. The molecule has 4 aromatic rings. The van der Waals surface area contributed by atoms with Gasteiger partial charge in [0.2, 0.25) is 0 Å².